The molecule has 0 aliphatic rings. The quantitative estimate of drug-likeness (QED) is 0.564. The Labute approximate surface area is 63.0 Å². The summed E-state index contributed by atoms with van der Waals surface area (Å²) in [5, 5.41) is 4.70. The molecule has 2 rings (SSSR count). The molecule has 0 radical (unpaired) electrons. The number of rotatable bonds is 0. The van der Waals surface area contributed by atoms with Gasteiger partial charge in [0.1, 0.15) is 0 Å². The Hall–Kier alpha value is -1.02. The van der Waals surface area contributed by atoms with Crippen LogP contribution in [0.15, 0.2) is 30.6 Å². The summed E-state index contributed by atoms with van der Waals surface area (Å²) in [5.74, 6) is 0. The highest BCUT2D eigenvalue weighted by molar-refractivity contribution is 6.30. The number of hydrogen-bond acceptors (Lipinski definition) is 1. The first-order chi connectivity index (χ1) is 4.86. The lowest BCUT2D eigenvalue weighted by molar-refractivity contribution is 0.941. The molecule has 0 aliphatic heterocycles. The van der Waals surface area contributed by atoms with Crippen molar-refractivity contribution in [3.63, 3.8) is 0 Å². The van der Waals surface area contributed by atoms with Crippen molar-refractivity contribution >= 4 is 17.1 Å². The van der Waals surface area contributed by atoms with Crippen LogP contribution in [0.2, 0.25) is 5.02 Å². The Morgan fingerprint density at radius 1 is 1.50 bits per heavy atom. The van der Waals surface area contributed by atoms with Crippen molar-refractivity contribution in [3.05, 3.63) is 35.6 Å². The van der Waals surface area contributed by atoms with Gasteiger partial charge in [-0.2, -0.15) is 5.10 Å². The first kappa shape index (κ1) is 5.74. The molecule has 10 heavy (non-hydrogen) atoms. The molecule has 0 amide bonds. The Morgan fingerprint density at radius 3 is 3.30 bits per heavy atom. The van der Waals surface area contributed by atoms with Gasteiger partial charge in [-0.25, -0.2) is 4.52 Å². The SMILES string of the molecule is Clc1cnn2cccc2c1. The first-order valence-electron chi connectivity index (χ1n) is 2.95. The molecule has 0 saturated carbocycles. The summed E-state index contributed by atoms with van der Waals surface area (Å²) in [6.45, 7) is 0. The smallest absolute Gasteiger partial charge is 0.0666 e. The van der Waals surface area contributed by atoms with E-state index >= 15 is 0 Å². The monoisotopic (exact) mass is 152 g/mol. The maximum absolute atomic E-state index is 5.70. The van der Waals surface area contributed by atoms with Crippen molar-refractivity contribution in [2.24, 2.45) is 0 Å². The summed E-state index contributed by atoms with van der Waals surface area (Å²) >= 11 is 5.70. The van der Waals surface area contributed by atoms with E-state index in [4.69, 9.17) is 11.6 Å². The average Bonchev–Trinajstić information content (AvgIpc) is 2.33. The van der Waals surface area contributed by atoms with Crippen molar-refractivity contribution in [3.8, 4) is 0 Å². The van der Waals surface area contributed by atoms with Gasteiger partial charge >= 0.3 is 0 Å². The Balaban J connectivity index is 2.86. The molecule has 0 atom stereocenters. The fourth-order valence-electron chi connectivity index (χ4n) is 0.901. The number of halogens is 1. The van der Waals surface area contributed by atoms with Crippen LogP contribution < -0.4 is 0 Å². The second-order valence-corrected chi connectivity index (χ2v) is 2.49. The van der Waals surface area contributed by atoms with Gasteiger partial charge in [0, 0.05) is 6.20 Å². The van der Waals surface area contributed by atoms with E-state index < -0.39 is 0 Å². The minimum Gasteiger partial charge on any atom is -0.241 e. The molecule has 50 valence electrons. The Bertz CT molecular complexity index is 353. The molecule has 0 aromatic carbocycles. The minimum atomic E-state index is 0.672. The lowest BCUT2D eigenvalue weighted by Crippen LogP contribution is -1.85. The van der Waals surface area contributed by atoms with E-state index in [9.17, 15) is 0 Å². The van der Waals surface area contributed by atoms with E-state index in [-0.39, 0.29) is 0 Å². The summed E-state index contributed by atoms with van der Waals surface area (Å²) in [4.78, 5) is 0. The number of hydrogen-bond donors (Lipinski definition) is 0. The third-order valence-corrected chi connectivity index (χ3v) is 1.56. The predicted molar refractivity (Wildman–Crippen MR) is 40.2 cm³/mol. The van der Waals surface area contributed by atoms with Crippen LogP contribution in [0.1, 0.15) is 0 Å². The maximum atomic E-state index is 5.70. The summed E-state index contributed by atoms with van der Waals surface area (Å²) in [7, 11) is 0. The van der Waals surface area contributed by atoms with E-state index in [0.29, 0.717) is 5.02 Å². The normalized spacial score (nSPS) is 10.5. The zero-order valence-corrected chi connectivity index (χ0v) is 5.92. The van der Waals surface area contributed by atoms with Gasteiger partial charge in [-0.05, 0) is 18.2 Å². The van der Waals surface area contributed by atoms with E-state index in [2.05, 4.69) is 5.10 Å². The minimum absolute atomic E-state index is 0.672. The first-order valence-corrected chi connectivity index (χ1v) is 3.33. The van der Waals surface area contributed by atoms with Crippen LogP contribution in [0.3, 0.4) is 0 Å². The van der Waals surface area contributed by atoms with Crippen molar-refractivity contribution in [2.45, 2.75) is 0 Å². The molecule has 2 nitrogen and oxygen atoms in total. The largest absolute Gasteiger partial charge is 0.241 e. The van der Waals surface area contributed by atoms with Crippen LogP contribution >= 0.6 is 11.6 Å². The topological polar surface area (TPSA) is 17.3 Å². The Kier molecular flexibility index (Phi) is 1.14. The number of aromatic nitrogens is 2. The Morgan fingerprint density at radius 2 is 2.40 bits per heavy atom. The van der Waals surface area contributed by atoms with Crippen LogP contribution in [0.5, 0.6) is 0 Å². The van der Waals surface area contributed by atoms with Crippen LogP contribution in [0.25, 0.3) is 5.52 Å². The van der Waals surface area contributed by atoms with Gasteiger partial charge in [-0.3, -0.25) is 0 Å². The predicted octanol–water partition coefficient (Wildman–Crippen LogP) is 1.99. The molecular weight excluding hydrogens is 148 g/mol. The molecule has 0 fully saturated rings. The second kappa shape index (κ2) is 1.99. The maximum Gasteiger partial charge on any atom is 0.0666 e. The average molecular weight is 153 g/mol. The molecule has 0 bridgehead atoms. The van der Waals surface area contributed by atoms with Crippen molar-refractivity contribution in [2.75, 3.05) is 0 Å². The molecule has 2 heterocycles. The van der Waals surface area contributed by atoms with E-state index in [1.807, 2.05) is 24.4 Å². The number of fused-ring (bicyclic) bond motifs is 1. The molecule has 2 aromatic heterocycles. The van der Waals surface area contributed by atoms with Crippen LogP contribution in [-0.2, 0) is 0 Å². The molecule has 0 unspecified atom stereocenters. The summed E-state index contributed by atoms with van der Waals surface area (Å²) in [6.07, 6.45) is 3.50. The lowest BCUT2D eigenvalue weighted by atomic mass is 10.4. The molecule has 0 aliphatic carbocycles. The molecule has 0 spiro atoms. The molecule has 0 saturated heterocycles. The van der Waals surface area contributed by atoms with Gasteiger partial charge < -0.3 is 0 Å². The molecular formula is C7H5ClN2. The summed E-state index contributed by atoms with van der Waals surface area (Å²) < 4.78 is 1.77. The third kappa shape index (κ3) is 0.772. The van der Waals surface area contributed by atoms with Crippen molar-refractivity contribution in [1.29, 1.82) is 0 Å². The van der Waals surface area contributed by atoms with Gasteiger partial charge in [0.15, 0.2) is 0 Å². The van der Waals surface area contributed by atoms with Gasteiger partial charge in [0.05, 0.1) is 16.7 Å². The fraction of sp³-hybridized carbons (Fsp3) is 0. The van der Waals surface area contributed by atoms with Crippen LogP contribution in [0, 0.1) is 0 Å². The van der Waals surface area contributed by atoms with Gasteiger partial charge in [0.2, 0.25) is 0 Å². The summed E-state index contributed by atoms with van der Waals surface area (Å²) in [6, 6.07) is 5.76. The third-order valence-electron chi connectivity index (χ3n) is 1.35. The van der Waals surface area contributed by atoms with Gasteiger partial charge in [0.25, 0.3) is 0 Å². The lowest BCUT2D eigenvalue weighted by Gasteiger charge is -1.91. The highest BCUT2D eigenvalue weighted by atomic mass is 35.5. The zero-order valence-electron chi connectivity index (χ0n) is 5.16. The second-order valence-electron chi connectivity index (χ2n) is 2.05. The molecule has 3 heteroatoms. The number of nitrogens with zero attached hydrogens (tertiary/aromatic N) is 2. The van der Waals surface area contributed by atoms with Crippen molar-refractivity contribution < 1.29 is 0 Å². The van der Waals surface area contributed by atoms with Crippen LogP contribution in [-0.4, -0.2) is 9.61 Å². The standard InChI is InChI=1S/C7H5ClN2/c8-6-4-7-2-1-3-10(7)9-5-6/h1-5H. The van der Waals surface area contributed by atoms with Gasteiger partial charge in [-0.15, -0.1) is 0 Å². The zero-order chi connectivity index (χ0) is 6.97. The van der Waals surface area contributed by atoms with E-state index in [0.717, 1.165) is 5.52 Å². The fourth-order valence-corrected chi connectivity index (χ4v) is 1.06. The van der Waals surface area contributed by atoms with Crippen LogP contribution in [0.4, 0.5) is 0 Å². The van der Waals surface area contributed by atoms with Gasteiger partial charge in [-0.1, -0.05) is 11.6 Å². The van der Waals surface area contributed by atoms with E-state index in [1.54, 1.807) is 10.7 Å². The highest BCUT2D eigenvalue weighted by Gasteiger charge is 1.91. The molecule has 0 N–H and O–H groups in total. The summed E-state index contributed by atoms with van der Waals surface area (Å²) in [5.41, 5.74) is 1.02. The van der Waals surface area contributed by atoms with E-state index in [1.165, 1.54) is 0 Å². The van der Waals surface area contributed by atoms with Crippen molar-refractivity contribution in [1.82, 2.24) is 9.61 Å². The highest BCUT2D eigenvalue weighted by Crippen LogP contribution is 2.09. The molecule has 2 aromatic rings.